The van der Waals surface area contributed by atoms with E-state index in [4.69, 9.17) is 0 Å². The highest BCUT2D eigenvalue weighted by atomic mass is 16.2. The maximum Gasteiger partial charge on any atom is 0.267 e. The van der Waals surface area contributed by atoms with Gasteiger partial charge in [0, 0.05) is 25.6 Å². The molecule has 7 nitrogen and oxygen atoms in total. The van der Waals surface area contributed by atoms with E-state index < -0.39 is 0 Å². The number of carbonyl (C=O) groups is 2. The Morgan fingerprint density at radius 1 is 1.14 bits per heavy atom. The van der Waals surface area contributed by atoms with Crippen molar-refractivity contribution in [1.82, 2.24) is 20.0 Å². The van der Waals surface area contributed by atoms with Crippen molar-refractivity contribution in [3.8, 4) is 0 Å². The van der Waals surface area contributed by atoms with Crippen LogP contribution in [0.25, 0.3) is 0 Å². The second kappa shape index (κ2) is 9.49. The van der Waals surface area contributed by atoms with Crippen LogP contribution in [0.1, 0.15) is 43.5 Å². The van der Waals surface area contributed by atoms with Gasteiger partial charge in [-0.05, 0) is 44.2 Å². The molecule has 0 bridgehead atoms. The minimum Gasteiger partial charge on any atom is -0.350 e. The van der Waals surface area contributed by atoms with Gasteiger partial charge in [0.25, 0.3) is 5.56 Å². The van der Waals surface area contributed by atoms with Crippen molar-refractivity contribution >= 4 is 11.8 Å². The van der Waals surface area contributed by atoms with Crippen molar-refractivity contribution in [3.05, 3.63) is 64.1 Å². The molecule has 3 rings (SSSR count). The summed E-state index contributed by atoms with van der Waals surface area (Å²) in [5.41, 5.74) is 1.51. The summed E-state index contributed by atoms with van der Waals surface area (Å²) < 4.78 is 1.21. The molecule has 0 unspecified atom stereocenters. The maximum absolute atomic E-state index is 12.5. The van der Waals surface area contributed by atoms with Crippen LogP contribution in [0.3, 0.4) is 0 Å². The molecule has 1 aromatic heterocycles. The molecule has 0 spiro atoms. The molecule has 7 heteroatoms. The summed E-state index contributed by atoms with van der Waals surface area (Å²) in [7, 11) is 0. The van der Waals surface area contributed by atoms with Gasteiger partial charge in [0.15, 0.2) is 0 Å². The number of nitrogens with zero attached hydrogens (tertiary/aromatic N) is 3. The van der Waals surface area contributed by atoms with Crippen LogP contribution in [0, 0.1) is 12.8 Å². The topological polar surface area (TPSA) is 84.3 Å². The molecule has 1 fully saturated rings. The molecule has 2 amide bonds. The van der Waals surface area contributed by atoms with Crippen molar-refractivity contribution in [1.29, 1.82) is 0 Å². The van der Waals surface area contributed by atoms with Crippen LogP contribution in [0.5, 0.6) is 0 Å². The smallest absolute Gasteiger partial charge is 0.267 e. The third-order valence-electron chi connectivity index (χ3n) is 5.40. The fraction of sp³-hybridized carbons (Fsp3) is 0.455. The Morgan fingerprint density at radius 3 is 2.52 bits per heavy atom. The molecule has 2 aromatic rings. The molecule has 2 heterocycles. The number of carbonyl (C=O) groups excluding carboxylic acids is 2. The van der Waals surface area contributed by atoms with E-state index in [2.05, 4.69) is 10.4 Å². The summed E-state index contributed by atoms with van der Waals surface area (Å²) in [6, 6.07) is 12.9. The third kappa shape index (κ3) is 5.76. The second-order valence-electron chi connectivity index (χ2n) is 7.70. The van der Waals surface area contributed by atoms with Crippen molar-refractivity contribution in [2.75, 3.05) is 13.1 Å². The predicted molar refractivity (Wildman–Crippen MR) is 110 cm³/mol. The van der Waals surface area contributed by atoms with E-state index in [-0.39, 0.29) is 35.9 Å². The highest BCUT2D eigenvalue weighted by molar-refractivity contribution is 5.77. The van der Waals surface area contributed by atoms with Crippen molar-refractivity contribution in [3.63, 3.8) is 0 Å². The summed E-state index contributed by atoms with van der Waals surface area (Å²) in [6.07, 6.45) is 2.04. The van der Waals surface area contributed by atoms with Gasteiger partial charge in [-0.2, -0.15) is 5.10 Å². The lowest BCUT2D eigenvalue weighted by Crippen LogP contribution is -2.42. The van der Waals surface area contributed by atoms with E-state index >= 15 is 0 Å². The van der Waals surface area contributed by atoms with Gasteiger partial charge in [-0.15, -0.1) is 0 Å². The van der Waals surface area contributed by atoms with E-state index in [0.29, 0.717) is 25.2 Å². The van der Waals surface area contributed by atoms with Crippen LogP contribution in [0.15, 0.2) is 47.3 Å². The van der Waals surface area contributed by atoms with Crippen LogP contribution in [-0.2, 0) is 16.1 Å². The van der Waals surface area contributed by atoms with Gasteiger partial charge in [0.2, 0.25) is 11.8 Å². The van der Waals surface area contributed by atoms with E-state index in [1.165, 1.54) is 10.7 Å². The van der Waals surface area contributed by atoms with Gasteiger partial charge < -0.3 is 10.2 Å². The van der Waals surface area contributed by atoms with E-state index in [9.17, 15) is 14.4 Å². The zero-order chi connectivity index (χ0) is 20.8. The number of rotatable bonds is 6. The lowest BCUT2D eigenvalue weighted by Gasteiger charge is -2.32. The van der Waals surface area contributed by atoms with Crippen molar-refractivity contribution in [2.24, 2.45) is 5.92 Å². The molecule has 1 aliphatic heterocycles. The van der Waals surface area contributed by atoms with Crippen LogP contribution in [0.2, 0.25) is 0 Å². The Labute approximate surface area is 170 Å². The summed E-state index contributed by atoms with van der Waals surface area (Å²) >= 11 is 0. The maximum atomic E-state index is 12.5. The number of hydrogen-bond acceptors (Lipinski definition) is 4. The molecule has 154 valence electrons. The number of hydrogen-bond donors (Lipinski definition) is 1. The number of benzene rings is 1. The third-order valence-corrected chi connectivity index (χ3v) is 5.40. The number of piperidine rings is 1. The summed E-state index contributed by atoms with van der Waals surface area (Å²) in [6.45, 7) is 4.93. The predicted octanol–water partition coefficient (Wildman–Crippen LogP) is 2.06. The largest absolute Gasteiger partial charge is 0.350 e. The molecule has 1 aromatic carbocycles. The number of aromatic nitrogens is 2. The zero-order valence-corrected chi connectivity index (χ0v) is 17.0. The van der Waals surface area contributed by atoms with Crippen molar-refractivity contribution < 1.29 is 9.59 Å². The Balaban J connectivity index is 1.45. The fourth-order valence-electron chi connectivity index (χ4n) is 3.67. The minimum absolute atomic E-state index is 0.0227. The minimum atomic E-state index is -0.275. The van der Waals surface area contributed by atoms with Crippen LogP contribution < -0.4 is 10.9 Å². The van der Waals surface area contributed by atoms with Crippen molar-refractivity contribution in [2.45, 2.75) is 45.7 Å². The van der Waals surface area contributed by atoms with Crippen LogP contribution in [0.4, 0.5) is 0 Å². The Hall–Kier alpha value is -2.96. The zero-order valence-electron chi connectivity index (χ0n) is 17.0. The average Bonchev–Trinajstić information content (AvgIpc) is 2.71. The first kappa shape index (κ1) is 20.8. The lowest BCUT2D eigenvalue weighted by molar-refractivity contribution is -0.133. The molecule has 1 N–H and O–H groups in total. The number of aryl methyl sites for hydroxylation is 1. The summed E-state index contributed by atoms with van der Waals surface area (Å²) in [5, 5.41) is 7.17. The molecule has 1 saturated heterocycles. The summed E-state index contributed by atoms with van der Waals surface area (Å²) in [5.74, 6) is 0.203. The highest BCUT2D eigenvalue weighted by Crippen LogP contribution is 2.21. The first-order valence-corrected chi connectivity index (χ1v) is 10.1. The SMILES string of the molecule is Cc1ccc(=O)n(CC(=O)N2CCC(CC(=O)N[C@@H](C)c3ccccc3)CC2)n1. The summed E-state index contributed by atoms with van der Waals surface area (Å²) in [4.78, 5) is 38.5. The van der Waals surface area contributed by atoms with E-state index in [0.717, 1.165) is 18.4 Å². The molecule has 0 aliphatic carbocycles. The van der Waals surface area contributed by atoms with Crippen LogP contribution >= 0.6 is 0 Å². The van der Waals surface area contributed by atoms with Gasteiger partial charge in [0.05, 0.1) is 11.7 Å². The number of amides is 2. The Bertz CT molecular complexity index is 902. The molecule has 1 atom stereocenters. The van der Waals surface area contributed by atoms with E-state index in [1.54, 1.807) is 17.9 Å². The second-order valence-corrected chi connectivity index (χ2v) is 7.70. The number of likely N-dealkylation sites (tertiary alicyclic amines) is 1. The lowest BCUT2D eigenvalue weighted by atomic mass is 9.93. The van der Waals surface area contributed by atoms with Gasteiger partial charge >= 0.3 is 0 Å². The monoisotopic (exact) mass is 396 g/mol. The molecule has 29 heavy (non-hydrogen) atoms. The Morgan fingerprint density at radius 2 is 1.83 bits per heavy atom. The molecule has 0 radical (unpaired) electrons. The van der Waals surface area contributed by atoms with E-state index in [1.807, 2.05) is 37.3 Å². The number of nitrogens with one attached hydrogen (secondary N) is 1. The van der Waals surface area contributed by atoms with Gasteiger partial charge in [-0.3, -0.25) is 14.4 Å². The average molecular weight is 396 g/mol. The first-order valence-electron chi connectivity index (χ1n) is 10.1. The molecular formula is C22H28N4O3. The quantitative estimate of drug-likeness (QED) is 0.810. The standard InChI is InChI=1S/C22H28N4O3/c1-16-8-9-21(28)26(24-16)15-22(29)25-12-10-18(11-13-25)14-20(27)23-17(2)19-6-4-3-5-7-19/h3-9,17-18H,10-15H2,1-2H3,(H,23,27)/t17-/m0/s1. The molecule has 1 aliphatic rings. The Kier molecular flexibility index (Phi) is 6.80. The normalized spacial score (nSPS) is 15.7. The van der Waals surface area contributed by atoms with Gasteiger partial charge in [-0.25, -0.2) is 4.68 Å². The van der Waals surface area contributed by atoms with Gasteiger partial charge in [0.1, 0.15) is 6.54 Å². The highest BCUT2D eigenvalue weighted by Gasteiger charge is 2.25. The molecule has 0 saturated carbocycles. The first-order chi connectivity index (χ1) is 13.9. The van der Waals surface area contributed by atoms with Gasteiger partial charge in [-0.1, -0.05) is 30.3 Å². The molecular weight excluding hydrogens is 368 g/mol. The van der Waals surface area contributed by atoms with Crippen LogP contribution in [-0.4, -0.2) is 39.6 Å². The fourth-order valence-corrected chi connectivity index (χ4v) is 3.67.